The van der Waals surface area contributed by atoms with Gasteiger partial charge in [0.1, 0.15) is 12.4 Å². The van der Waals surface area contributed by atoms with Crippen LogP contribution in [0.25, 0.3) is 22.4 Å². The smallest absolute Gasteiger partial charge is 0.144 e. The first-order valence-corrected chi connectivity index (χ1v) is 5.98. The number of hydrogen-bond donors (Lipinski definition) is 1. The molecule has 4 heteroatoms. The highest BCUT2D eigenvalue weighted by Gasteiger charge is 2.13. The third-order valence-electron chi connectivity index (χ3n) is 3.09. The Morgan fingerprint density at radius 3 is 2.63 bits per heavy atom. The number of hydrogen-bond acceptors (Lipinski definition) is 3. The van der Waals surface area contributed by atoms with Crippen molar-refractivity contribution in [3.8, 4) is 17.5 Å². The van der Waals surface area contributed by atoms with Gasteiger partial charge in [0.25, 0.3) is 0 Å². The van der Waals surface area contributed by atoms with Crippen molar-refractivity contribution in [3.63, 3.8) is 0 Å². The second-order valence-corrected chi connectivity index (χ2v) is 4.26. The molecule has 0 saturated carbocycles. The Morgan fingerprint density at radius 2 is 1.84 bits per heavy atom. The van der Waals surface area contributed by atoms with Crippen LogP contribution in [0.3, 0.4) is 0 Å². The minimum absolute atomic E-state index is 0.254. The minimum Gasteiger partial charge on any atom is -0.398 e. The Balaban J connectivity index is 2.32. The Kier molecular flexibility index (Phi) is 2.66. The maximum absolute atomic E-state index is 9.01. The molecule has 0 bridgehead atoms. The Bertz CT molecular complexity index is 780. The number of nitrogens with two attached hydrogens (primary N) is 1. The van der Waals surface area contributed by atoms with Crippen molar-refractivity contribution >= 4 is 16.7 Å². The number of benzene rings is 2. The van der Waals surface area contributed by atoms with Gasteiger partial charge in [-0.2, -0.15) is 5.26 Å². The van der Waals surface area contributed by atoms with E-state index in [9.17, 15) is 0 Å². The van der Waals surface area contributed by atoms with E-state index < -0.39 is 0 Å². The summed E-state index contributed by atoms with van der Waals surface area (Å²) in [7, 11) is 0. The molecule has 1 heterocycles. The number of nitriles is 1. The number of nitrogen functional groups attached to an aromatic ring is 1. The van der Waals surface area contributed by atoms with Gasteiger partial charge < -0.3 is 10.3 Å². The Hall–Kier alpha value is -2.80. The Labute approximate surface area is 110 Å². The van der Waals surface area contributed by atoms with E-state index >= 15 is 0 Å². The average molecular weight is 248 g/mol. The van der Waals surface area contributed by atoms with Gasteiger partial charge in [-0.25, -0.2) is 4.98 Å². The predicted octanol–water partition coefficient (Wildman–Crippen LogP) is 2.81. The van der Waals surface area contributed by atoms with Crippen LogP contribution in [-0.2, 0) is 6.54 Å². The summed E-state index contributed by atoms with van der Waals surface area (Å²) in [4.78, 5) is 4.59. The van der Waals surface area contributed by atoms with Crippen molar-refractivity contribution in [3.05, 3.63) is 48.5 Å². The standard InChI is InChI=1S/C15H12N4/c16-9-10-19-14-8-4-3-7-13(14)18-15(19)11-5-1-2-6-12(11)17/h1-8H,10,17H2. The molecule has 3 rings (SSSR count). The molecule has 0 aliphatic heterocycles. The fourth-order valence-electron chi connectivity index (χ4n) is 2.21. The van der Waals surface area contributed by atoms with Gasteiger partial charge in [0.2, 0.25) is 0 Å². The lowest BCUT2D eigenvalue weighted by Gasteiger charge is -2.07. The van der Waals surface area contributed by atoms with Crippen LogP contribution in [0.15, 0.2) is 48.5 Å². The molecule has 1 aromatic heterocycles. The van der Waals surface area contributed by atoms with Crippen LogP contribution in [0, 0.1) is 11.3 Å². The highest BCUT2D eigenvalue weighted by molar-refractivity contribution is 5.83. The molecule has 0 saturated heterocycles. The van der Waals surface area contributed by atoms with Crippen molar-refractivity contribution < 1.29 is 0 Å². The van der Waals surface area contributed by atoms with Crippen LogP contribution < -0.4 is 5.73 Å². The topological polar surface area (TPSA) is 67.6 Å². The fourth-order valence-corrected chi connectivity index (χ4v) is 2.21. The number of aromatic nitrogens is 2. The average Bonchev–Trinajstić information content (AvgIpc) is 2.79. The number of imidazole rings is 1. The van der Waals surface area contributed by atoms with Crippen molar-refractivity contribution in [1.29, 1.82) is 5.26 Å². The monoisotopic (exact) mass is 248 g/mol. The number of para-hydroxylation sites is 3. The van der Waals surface area contributed by atoms with Gasteiger partial charge in [-0.05, 0) is 24.3 Å². The first-order valence-electron chi connectivity index (χ1n) is 5.98. The van der Waals surface area contributed by atoms with Crippen LogP contribution in [0.5, 0.6) is 0 Å². The van der Waals surface area contributed by atoms with E-state index in [1.807, 2.05) is 53.1 Å². The third kappa shape index (κ3) is 1.81. The molecular formula is C15H12N4. The molecule has 0 fully saturated rings. The lowest BCUT2D eigenvalue weighted by Crippen LogP contribution is -2.00. The van der Waals surface area contributed by atoms with Gasteiger partial charge in [-0.1, -0.05) is 24.3 Å². The lowest BCUT2D eigenvalue weighted by atomic mass is 10.1. The van der Waals surface area contributed by atoms with Crippen LogP contribution >= 0.6 is 0 Å². The summed E-state index contributed by atoms with van der Waals surface area (Å²) in [5.74, 6) is 0.737. The quantitative estimate of drug-likeness (QED) is 0.709. The molecule has 2 N–H and O–H groups in total. The van der Waals surface area contributed by atoms with E-state index in [1.165, 1.54) is 0 Å². The van der Waals surface area contributed by atoms with E-state index in [2.05, 4.69) is 11.1 Å². The summed E-state index contributed by atoms with van der Waals surface area (Å²) in [6, 6.07) is 17.5. The van der Waals surface area contributed by atoms with Gasteiger partial charge in [0.15, 0.2) is 0 Å². The zero-order valence-corrected chi connectivity index (χ0v) is 10.2. The molecule has 2 aromatic carbocycles. The van der Waals surface area contributed by atoms with Crippen molar-refractivity contribution in [2.45, 2.75) is 6.54 Å². The molecule has 0 atom stereocenters. The van der Waals surface area contributed by atoms with Crippen molar-refractivity contribution in [1.82, 2.24) is 9.55 Å². The van der Waals surface area contributed by atoms with Crippen LogP contribution in [0.2, 0.25) is 0 Å². The van der Waals surface area contributed by atoms with Gasteiger partial charge in [-0.3, -0.25) is 0 Å². The summed E-state index contributed by atoms with van der Waals surface area (Å²) in [6.07, 6.45) is 0. The zero-order chi connectivity index (χ0) is 13.2. The van der Waals surface area contributed by atoms with E-state index in [-0.39, 0.29) is 6.54 Å². The van der Waals surface area contributed by atoms with Crippen LogP contribution in [-0.4, -0.2) is 9.55 Å². The summed E-state index contributed by atoms with van der Waals surface area (Å²) in [5, 5.41) is 9.01. The molecule has 0 amide bonds. The molecule has 19 heavy (non-hydrogen) atoms. The lowest BCUT2D eigenvalue weighted by molar-refractivity contribution is 0.871. The van der Waals surface area contributed by atoms with Crippen molar-refractivity contribution in [2.75, 3.05) is 5.73 Å². The number of rotatable bonds is 2. The van der Waals surface area contributed by atoms with Crippen molar-refractivity contribution in [2.24, 2.45) is 0 Å². The maximum atomic E-state index is 9.01. The van der Waals surface area contributed by atoms with Crippen LogP contribution in [0.1, 0.15) is 0 Å². The SMILES string of the molecule is N#CCn1c(-c2ccccc2N)nc2ccccc21. The van der Waals surface area contributed by atoms with E-state index in [4.69, 9.17) is 11.0 Å². The number of fused-ring (bicyclic) bond motifs is 1. The highest BCUT2D eigenvalue weighted by atomic mass is 15.1. The summed E-state index contributed by atoms with van der Waals surface area (Å²) >= 11 is 0. The summed E-state index contributed by atoms with van der Waals surface area (Å²) in [5.41, 5.74) is 9.34. The third-order valence-corrected chi connectivity index (χ3v) is 3.09. The molecule has 0 unspecified atom stereocenters. The Morgan fingerprint density at radius 1 is 1.11 bits per heavy atom. The highest BCUT2D eigenvalue weighted by Crippen LogP contribution is 2.28. The molecule has 0 aliphatic carbocycles. The molecule has 92 valence electrons. The first kappa shape index (κ1) is 11.3. The second-order valence-electron chi connectivity index (χ2n) is 4.26. The normalized spacial score (nSPS) is 10.5. The second kappa shape index (κ2) is 4.46. The van der Waals surface area contributed by atoms with E-state index in [1.54, 1.807) is 0 Å². The van der Waals surface area contributed by atoms with Gasteiger partial charge in [-0.15, -0.1) is 0 Å². The predicted molar refractivity (Wildman–Crippen MR) is 75.2 cm³/mol. The molecule has 3 aromatic rings. The molecule has 0 radical (unpaired) electrons. The molecule has 4 nitrogen and oxygen atoms in total. The number of nitrogens with zero attached hydrogens (tertiary/aromatic N) is 3. The number of anilines is 1. The van der Waals surface area contributed by atoms with E-state index in [0.29, 0.717) is 5.69 Å². The van der Waals surface area contributed by atoms with E-state index in [0.717, 1.165) is 22.4 Å². The fraction of sp³-hybridized carbons (Fsp3) is 0.0667. The largest absolute Gasteiger partial charge is 0.398 e. The van der Waals surface area contributed by atoms with Gasteiger partial charge in [0.05, 0.1) is 17.1 Å². The molecule has 0 aliphatic rings. The summed E-state index contributed by atoms with van der Waals surface area (Å²) < 4.78 is 1.89. The van der Waals surface area contributed by atoms with Gasteiger partial charge in [0, 0.05) is 11.3 Å². The maximum Gasteiger partial charge on any atom is 0.144 e. The summed E-state index contributed by atoms with van der Waals surface area (Å²) in [6.45, 7) is 0.254. The van der Waals surface area contributed by atoms with Crippen LogP contribution in [0.4, 0.5) is 5.69 Å². The molecular weight excluding hydrogens is 236 g/mol. The first-order chi connectivity index (χ1) is 9.31. The van der Waals surface area contributed by atoms with Gasteiger partial charge >= 0.3 is 0 Å². The molecule has 0 spiro atoms. The zero-order valence-electron chi connectivity index (χ0n) is 10.2. The minimum atomic E-state index is 0.254.